The Balaban J connectivity index is 1.39. The third-order valence-electron chi connectivity index (χ3n) is 8.52. The molecule has 5 heterocycles. The Morgan fingerprint density at radius 1 is 1.11 bits per heavy atom. The van der Waals surface area contributed by atoms with Gasteiger partial charge < -0.3 is 19.9 Å². The fourth-order valence-electron chi connectivity index (χ4n) is 6.48. The molecule has 7 rings (SSSR count). The van der Waals surface area contributed by atoms with Gasteiger partial charge in [0.25, 0.3) is 0 Å². The summed E-state index contributed by atoms with van der Waals surface area (Å²) in [6, 6.07) is 7.03. The fraction of sp³-hybridized carbons (Fsp3) is 0.464. The third-order valence-corrected chi connectivity index (χ3v) is 8.82. The molecular weight excluding hydrogens is 505 g/mol. The van der Waals surface area contributed by atoms with Gasteiger partial charge in [-0.05, 0) is 63.9 Å². The summed E-state index contributed by atoms with van der Waals surface area (Å²) in [5.74, 6) is 0.225. The van der Waals surface area contributed by atoms with Gasteiger partial charge in [0.2, 0.25) is 0 Å². The van der Waals surface area contributed by atoms with E-state index in [4.69, 9.17) is 21.3 Å². The molecule has 0 aliphatic carbocycles. The number of nitrogens with zero attached hydrogens (tertiary/aromatic N) is 5. The van der Waals surface area contributed by atoms with E-state index >= 15 is 4.39 Å². The molecule has 10 heteroatoms. The molecule has 3 atom stereocenters. The summed E-state index contributed by atoms with van der Waals surface area (Å²) in [4.78, 5) is 14.0. The van der Waals surface area contributed by atoms with Crippen molar-refractivity contribution >= 4 is 39.2 Å². The minimum atomic E-state index is -0.464. The van der Waals surface area contributed by atoms with Gasteiger partial charge in [-0.2, -0.15) is 15.1 Å². The number of piperazine rings is 1. The van der Waals surface area contributed by atoms with Crippen LogP contribution in [0.25, 0.3) is 32.9 Å². The van der Waals surface area contributed by atoms with Crippen molar-refractivity contribution in [1.82, 2.24) is 30.4 Å². The first-order valence-electron chi connectivity index (χ1n) is 13.4. The van der Waals surface area contributed by atoms with Crippen LogP contribution in [0.4, 0.5) is 10.2 Å². The molecule has 0 amide bonds. The summed E-state index contributed by atoms with van der Waals surface area (Å²) < 4.78 is 22.8. The van der Waals surface area contributed by atoms with E-state index in [-0.39, 0.29) is 11.5 Å². The predicted octanol–water partition coefficient (Wildman–Crippen LogP) is 4.69. The van der Waals surface area contributed by atoms with E-state index in [2.05, 4.69) is 37.3 Å². The standard InChI is InChI=1S/C28H31ClFN7O/c1-15-5-8-22-20(11-31-35-22)23(15)24-21(29)10-19-26(25(24)30)33-28(38-14-18-4-3-9-36(18)2)34-27(19)37-12-16-6-7-17(13-37)32-16/h5,8,10-11,16-18,32H,3-4,6-7,9,12-14H2,1-2H3,(H,31,35)/t16?,17?,18-/m0/s1. The van der Waals surface area contributed by atoms with E-state index in [0.29, 0.717) is 46.5 Å². The van der Waals surface area contributed by atoms with Crippen molar-refractivity contribution in [3.8, 4) is 17.1 Å². The zero-order valence-corrected chi connectivity index (χ0v) is 22.4. The van der Waals surface area contributed by atoms with Crippen LogP contribution in [0.15, 0.2) is 24.4 Å². The third kappa shape index (κ3) is 3.99. The van der Waals surface area contributed by atoms with Gasteiger partial charge in [-0.3, -0.25) is 5.10 Å². The lowest BCUT2D eigenvalue weighted by Gasteiger charge is -2.34. The van der Waals surface area contributed by atoms with Gasteiger partial charge in [0, 0.05) is 53.1 Å². The molecule has 38 heavy (non-hydrogen) atoms. The smallest absolute Gasteiger partial charge is 0.319 e. The number of likely N-dealkylation sites (N-methyl/N-ethyl adjacent to an activating group) is 1. The number of anilines is 1. The highest BCUT2D eigenvalue weighted by Gasteiger charge is 2.34. The molecule has 2 N–H and O–H groups in total. The van der Waals surface area contributed by atoms with Crippen molar-refractivity contribution in [2.45, 2.75) is 50.7 Å². The number of aromatic nitrogens is 4. The lowest BCUT2D eigenvalue weighted by molar-refractivity contribution is 0.188. The highest BCUT2D eigenvalue weighted by Crippen LogP contribution is 2.42. The molecule has 3 aliphatic heterocycles. The molecule has 198 valence electrons. The second kappa shape index (κ2) is 9.32. The van der Waals surface area contributed by atoms with Crippen LogP contribution >= 0.6 is 11.6 Å². The molecular formula is C28H31ClFN7O. The fourth-order valence-corrected chi connectivity index (χ4v) is 6.77. The van der Waals surface area contributed by atoms with E-state index in [9.17, 15) is 0 Å². The van der Waals surface area contributed by atoms with E-state index in [1.807, 2.05) is 25.1 Å². The van der Waals surface area contributed by atoms with E-state index in [0.717, 1.165) is 67.3 Å². The van der Waals surface area contributed by atoms with Crippen molar-refractivity contribution in [3.63, 3.8) is 0 Å². The van der Waals surface area contributed by atoms with Gasteiger partial charge in [-0.1, -0.05) is 17.7 Å². The Labute approximate surface area is 225 Å². The molecule has 2 aromatic carbocycles. The molecule has 0 spiro atoms. The van der Waals surface area contributed by atoms with Crippen LogP contribution in [0, 0.1) is 12.7 Å². The molecule has 4 aromatic rings. The number of rotatable bonds is 5. The zero-order valence-electron chi connectivity index (χ0n) is 21.6. The average Bonchev–Trinajstić information content (AvgIpc) is 3.63. The van der Waals surface area contributed by atoms with Gasteiger partial charge in [-0.25, -0.2) is 4.39 Å². The van der Waals surface area contributed by atoms with Crippen molar-refractivity contribution in [1.29, 1.82) is 0 Å². The first-order valence-corrected chi connectivity index (χ1v) is 13.8. The number of likely N-dealkylation sites (tertiary alicyclic amines) is 1. The minimum Gasteiger partial charge on any atom is -0.462 e. The Morgan fingerprint density at radius 2 is 1.92 bits per heavy atom. The first-order chi connectivity index (χ1) is 18.5. The molecule has 2 bridgehead atoms. The number of aryl methyl sites for hydroxylation is 1. The van der Waals surface area contributed by atoms with Gasteiger partial charge in [0.15, 0.2) is 5.82 Å². The number of benzene rings is 2. The van der Waals surface area contributed by atoms with Crippen LogP contribution in [0.3, 0.4) is 0 Å². The number of aromatic amines is 1. The predicted molar refractivity (Wildman–Crippen MR) is 148 cm³/mol. The normalized spacial score (nSPS) is 23.7. The van der Waals surface area contributed by atoms with Crippen LogP contribution in [-0.2, 0) is 0 Å². The summed E-state index contributed by atoms with van der Waals surface area (Å²) in [5, 5.41) is 12.6. The Morgan fingerprint density at radius 3 is 2.68 bits per heavy atom. The lowest BCUT2D eigenvalue weighted by atomic mass is 9.95. The van der Waals surface area contributed by atoms with E-state index in [1.165, 1.54) is 0 Å². The maximum absolute atomic E-state index is 16.6. The molecule has 8 nitrogen and oxygen atoms in total. The van der Waals surface area contributed by atoms with Crippen molar-refractivity contribution < 1.29 is 9.13 Å². The largest absolute Gasteiger partial charge is 0.462 e. The van der Waals surface area contributed by atoms with Crippen LogP contribution in [0.5, 0.6) is 6.01 Å². The van der Waals surface area contributed by atoms with E-state index < -0.39 is 5.82 Å². The Kier molecular flexibility index (Phi) is 5.90. The van der Waals surface area contributed by atoms with Gasteiger partial charge in [0.05, 0.1) is 16.7 Å². The summed E-state index contributed by atoms with van der Waals surface area (Å²) in [7, 11) is 2.11. The quantitative estimate of drug-likeness (QED) is 0.384. The number of hydrogen-bond acceptors (Lipinski definition) is 7. The molecule has 2 unspecified atom stereocenters. The second-order valence-electron chi connectivity index (χ2n) is 11.0. The zero-order chi connectivity index (χ0) is 26.0. The molecule has 3 aliphatic rings. The second-order valence-corrected chi connectivity index (χ2v) is 11.4. The minimum absolute atomic E-state index is 0.212. The maximum atomic E-state index is 16.6. The molecule has 3 saturated heterocycles. The summed E-state index contributed by atoms with van der Waals surface area (Å²) in [6.07, 6.45) is 6.20. The van der Waals surface area contributed by atoms with Gasteiger partial charge >= 0.3 is 6.01 Å². The monoisotopic (exact) mass is 535 g/mol. The van der Waals surface area contributed by atoms with Crippen LogP contribution in [0.1, 0.15) is 31.2 Å². The molecule has 2 aromatic heterocycles. The van der Waals surface area contributed by atoms with Crippen molar-refractivity contribution in [2.24, 2.45) is 0 Å². The lowest BCUT2D eigenvalue weighted by Crippen LogP contribution is -2.51. The van der Waals surface area contributed by atoms with Crippen LogP contribution < -0.4 is 15.0 Å². The van der Waals surface area contributed by atoms with Gasteiger partial charge in [0.1, 0.15) is 17.9 Å². The summed E-state index contributed by atoms with van der Waals surface area (Å²) in [6.45, 7) is 5.10. The summed E-state index contributed by atoms with van der Waals surface area (Å²) >= 11 is 6.87. The number of hydrogen-bond donors (Lipinski definition) is 2. The highest BCUT2D eigenvalue weighted by atomic mass is 35.5. The highest BCUT2D eigenvalue weighted by molar-refractivity contribution is 6.35. The maximum Gasteiger partial charge on any atom is 0.319 e. The van der Waals surface area contributed by atoms with E-state index in [1.54, 1.807) is 6.20 Å². The van der Waals surface area contributed by atoms with Gasteiger partial charge in [-0.15, -0.1) is 0 Å². The van der Waals surface area contributed by atoms with Crippen LogP contribution in [-0.4, -0.2) is 76.5 Å². The number of halogens is 2. The topological polar surface area (TPSA) is 82.2 Å². The van der Waals surface area contributed by atoms with Crippen molar-refractivity contribution in [3.05, 3.63) is 40.8 Å². The summed E-state index contributed by atoms with van der Waals surface area (Å²) in [5.41, 5.74) is 3.01. The SMILES string of the molecule is Cc1ccc2[nH]ncc2c1-c1c(Cl)cc2c(N3CC4CCC(C3)N4)nc(OC[C@@H]3CCCN3C)nc2c1F. The van der Waals surface area contributed by atoms with Crippen LogP contribution in [0.2, 0.25) is 5.02 Å². The Hall–Kier alpha value is -3.01. The molecule has 0 saturated carbocycles. The molecule has 0 radical (unpaired) electrons. The number of fused-ring (bicyclic) bond motifs is 4. The number of nitrogens with one attached hydrogen (secondary N) is 2. The van der Waals surface area contributed by atoms with Crippen molar-refractivity contribution in [2.75, 3.05) is 38.2 Å². The average molecular weight is 536 g/mol. The Bertz CT molecular complexity index is 1530. The molecule has 3 fully saturated rings. The first kappa shape index (κ1) is 24.1. The number of H-pyrrole nitrogens is 1. The number of ether oxygens (including phenoxy) is 1.